The van der Waals surface area contributed by atoms with Crippen molar-refractivity contribution in [1.29, 1.82) is 0 Å². The zero-order valence-electron chi connectivity index (χ0n) is 19.2. The summed E-state index contributed by atoms with van der Waals surface area (Å²) in [5, 5.41) is 0. The Labute approximate surface area is 165 Å². The van der Waals surface area contributed by atoms with Gasteiger partial charge in [-0.1, -0.05) is 118 Å². The van der Waals surface area contributed by atoms with E-state index in [1.54, 1.807) is 0 Å². The van der Waals surface area contributed by atoms with Gasteiger partial charge in [0.15, 0.2) is 0 Å². The summed E-state index contributed by atoms with van der Waals surface area (Å²) in [4.78, 5) is 0. The van der Waals surface area contributed by atoms with Crippen LogP contribution in [0.4, 0.5) is 0 Å². The second-order valence-electron chi connectivity index (χ2n) is 3.81. The summed E-state index contributed by atoms with van der Waals surface area (Å²) in [6, 6.07) is 8.48. The van der Waals surface area contributed by atoms with Crippen LogP contribution in [-0.4, -0.2) is 7.05 Å². The Balaban J connectivity index is -0.000000210. The van der Waals surface area contributed by atoms with Crippen molar-refractivity contribution in [3.8, 4) is 0 Å². The number of benzene rings is 1. The van der Waals surface area contributed by atoms with Crippen LogP contribution in [-0.2, 0) is 0 Å². The first-order valence-electron chi connectivity index (χ1n) is 10.2. The molecule has 1 aromatic rings. The topological polar surface area (TPSA) is 26.0 Å². The van der Waals surface area contributed by atoms with Crippen LogP contribution in [0.25, 0.3) is 11.1 Å². The Morgan fingerprint density at radius 2 is 1.23 bits per heavy atom. The third kappa shape index (κ3) is 9.58. The molecule has 0 aromatic heterocycles. The van der Waals surface area contributed by atoms with Gasteiger partial charge in [-0.25, -0.2) is 0 Å². The van der Waals surface area contributed by atoms with Crippen LogP contribution in [0.5, 0.6) is 0 Å². The first kappa shape index (κ1) is 31.9. The third-order valence-corrected chi connectivity index (χ3v) is 3.00. The minimum atomic E-state index is 1.02. The van der Waals surface area contributed by atoms with E-state index < -0.39 is 0 Å². The summed E-state index contributed by atoms with van der Waals surface area (Å²) in [6.45, 7) is 25.9. The molecule has 1 aliphatic rings. The molecule has 0 aliphatic heterocycles. The van der Waals surface area contributed by atoms with Crippen LogP contribution in [0.2, 0.25) is 0 Å². The molecule has 0 bridgehead atoms. The van der Waals surface area contributed by atoms with E-state index in [1.165, 1.54) is 34.9 Å². The lowest BCUT2D eigenvalue weighted by molar-refractivity contribution is 1.17. The maximum atomic E-state index is 4.50. The molecule has 26 heavy (non-hydrogen) atoms. The average molecular weight is 360 g/mol. The predicted octanol–water partition coefficient (Wildman–Crippen LogP) is 8.30. The van der Waals surface area contributed by atoms with E-state index in [2.05, 4.69) is 56.2 Å². The van der Waals surface area contributed by atoms with Crippen LogP contribution in [0, 0.1) is 0 Å². The normalized spacial score (nSPS) is 11.3. The minimum Gasteiger partial charge on any atom is -0.333 e. The molecule has 1 aliphatic carbocycles. The SMILES string of the molecule is C=C/C=C1\C(CC)=C(C=C)c2ccccc21.CC.CC.CC.CC.CN. The van der Waals surface area contributed by atoms with E-state index in [0.29, 0.717) is 0 Å². The molecule has 0 fully saturated rings. The minimum absolute atomic E-state index is 1.02. The fourth-order valence-corrected chi connectivity index (χ4v) is 2.35. The first-order valence-corrected chi connectivity index (χ1v) is 10.2. The summed E-state index contributed by atoms with van der Waals surface area (Å²) in [5.74, 6) is 0. The fraction of sp³-hybridized carbons (Fsp3) is 0.440. The highest BCUT2D eigenvalue weighted by atomic mass is 14.4. The van der Waals surface area contributed by atoms with Gasteiger partial charge in [-0.2, -0.15) is 0 Å². The molecular weight excluding hydrogens is 314 g/mol. The van der Waals surface area contributed by atoms with E-state index in [1.807, 2.05) is 67.5 Å². The Hall–Kier alpha value is -1.86. The summed E-state index contributed by atoms with van der Waals surface area (Å²) in [6.07, 6.45) is 6.93. The van der Waals surface area contributed by atoms with Gasteiger partial charge in [-0.3, -0.25) is 0 Å². The summed E-state index contributed by atoms with van der Waals surface area (Å²) >= 11 is 0. The molecule has 0 unspecified atom stereocenters. The number of allylic oxidation sites excluding steroid dienone is 6. The van der Waals surface area contributed by atoms with Gasteiger partial charge in [-0.15, -0.1) is 0 Å². The molecule has 1 aromatic carbocycles. The quantitative estimate of drug-likeness (QED) is 0.577. The van der Waals surface area contributed by atoms with Crippen molar-refractivity contribution in [3.05, 3.63) is 72.4 Å². The van der Waals surface area contributed by atoms with Crippen molar-refractivity contribution in [2.75, 3.05) is 7.05 Å². The first-order chi connectivity index (χ1) is 12.8. The third-order valence-electron chi connectivity index (χ3n) is 3.00. The highest BCUT2D eigenvalue weighted by Crippen LogP contribution is 2.42. The highest BCUT2D eigenvalue weighted by molar-refractivity contribution is 6.02. The van der Waals surface area contributed by atoms with Gasteiger partial charge in [0.2, 0.25) is 0 Å². The van der Waals surface area contributed by atoms with Gasteiger partial charge in [0.25, 0.3) is 0 Å². The van der Waals surface area contributed by atoms with Crippen molar-refractivity contribution in [2.45, 2.75) is 68.7 Å². The molecule has 0 saturated heterocycles. The van der Waals surface area contributed by atoms with E-state index in [0.717, 1.165) is 6.42 Å². The molecule has 0 saturated carbocycles. The van der Waals surface area contributed by atoms with Crippen LogP contribution >= 0.6 is 0 Å². The lowest BCUT2D eigenvalue weighted by Crippen LogP contribution is -1.82. The Morgan fingerprint density at radius 3 is 1.58 bits per heavy atom. The second-order valence-corrected chi connectivity index (χ2v) is 3.81. The van der Waals surface area contributed by atoms with E-state index in [-0.39, 0.29) is 0 Å². The van der Waals surface area contributed by atoms with Gasteiger partial charge in [-0.05, 0) is 41.3 Å². The van der Waals surface area contributed by atoms with Crippen LogP contribution in [0.1, 0.15) is 79.9 Å². The number of rotatable bonds is 3. The summed E-state index contributed by atoms with van der Waals surface area (Å²) in [7, 11) is 1.50. The van der Waals surface area contributed by atoms with Gasteiger partial charge >= 0.3 is 0 Å². The van der Waals surface area contributed by atoms with E-state index in [4.69, 9.17) is 0 Å². The molecule has 150 valence electrons. The summed E-state index contributed by atoms with van der Waals surface area (Å²) < 4.78 is 0. The molecule has 0 amide bonds. The van der Waals surface area contributed by atoms with Crippen molar-refractivity contribution in [2.24, 2.45) is 5.73 Å². The van der Waals surface area contributed by atoms with Gasteiger partial charge < -0.3 is 5.73 Å². The van der Waals surface area contributed by atoms with Crippen molar-refractivity contribution in [3.63, 3.8) is 0 Å². The lowest BCUT2D eigenvalue weighted by Gasteiger charge is -2.03. The smallest absolute Gasteiger partial charge is 0.0102 e. The zero-order valence-corrected chi connectivity index (χ0v) is 19.2. The zero-order chi connectivity index (χ0) is 21.5. The second kappa shape index (κ2) is 25.4. The van der Waals surface area contributed by atoms with Gasteiger partial charge in [0, 0.05) is 0 Å². The van der Waals surface area contributed by atoms with Crippen LogP contribution in [0.3, 0.4) is 0 Å². The van der Waals surface area contributed by atoms with Crippen molar-refractivity contribution >= 4 is 11.1 Å². The molecule has 0 radical (unpaired) electrons. The number of fused-ring (bicyclic) bond motifs is 1. The highest BCUT2D eigenvalue weighted by Gasteiger charge is 2.22. The number of hydrogen-bond donors (Lipinski definition) is 1. The lowest BCUT2D eigenvalue weighted by atomic mass is 10.0. The van der Waals surface area contributed by atoms with Crippen molar-refractivity contribution < 1.29 is 0 Å². The molecule has 2 N–H and O–H groups in total. The Morgan fingerprint density at radius 1 is 0.808 bits per heavy atom. The van der Waals surface area contributed by atoms with Crippen LogP contribution < -0.4 is 5.73 Å². The molecule has 2 rings (SSSR count). The molecule has 1 heteroatoms. The predicted molar refractivity (Wildman–Crippen MR) is 128 cm³/mol. The molecule has 0 spiro atoms. The van der Waals surface area contributed by atoms with Crippen LogP contribution in [0.15, 0.2) is 61.2 Å². The Bertz CT molecular complexity index is 505. The van der Waals surface area contributed by atoms with Gasteiger partial charge in [0.1, 0.15) is 0 Å². The van der Waals surface area contributed by atoms with E-state index in [9.17, 15) is 0 Å². The fourth-order valence-electron chi connectivity index (χ4n) is 2.35. The maximum Gasteiger partial charge on any atom is -0.0102 e. The molecule has 1 nitrogen and oxygen atoms in total. The van der Waals surface area contributed by atoms with E-state index >= 15 is 0 Å². The average Bonchev–Trinajstić information content (AvgIpc) is 3.08. The van der Waals surface area contributed by atoms with Crippen molar-refractivity contribution in [1.82, 2.24) is 0 Å². The molecule has 0 heterocycles. The maximum absolute atomic E-state index is 4.50. The monoisotopic (exact) mass is 359 g/mol. The molecular formula is C25H45N. The standard InChI is InChI=1S/C16H16.4C2H6.CH5N/c1-4-9-14-12(5-2)13(6-3)15-10-7-8-11-16(14)15;5*1-2/h4,6-11H,1,3,5H2,2H3;4*1-2H3;2H2,1H3/b14-9+;;;;;. The summed E-state index contributed by atoms with van der Waals surface area (Å²) in [5.41, 5.74) is 11.0. The number of nitrogens with two attached hydrogens (primary N) is 1. The number of hydrogen-bond acceptors (Lipinski definition) is 1. The largest absolute Gasteiger partial charge is 0.333 e. The Kier molecular flexibility index (Phi) is 31.1. The van der Waals surface area contributed by atoms with Gasteiger partial charge in [0.05, 0.1) is 0 Å². The molecule has 0 atom stereocenters.